The Morgan fingerprint density at radius 1 is 1.47 bits per heavy atom. The van der Waals surface area contributed by atoms with Crippen molar-refractivity contribution in [2.75, 3.05) is 0 Å². The van der Waals surface area contributed by atoms with Crippen LogP contribution in [0.4, 0.5) is 0 Å². The van der Waals surface area contributed by atoms with Crippen LogP contribution in [0, 0.1) is 0 Å². The minimum absolute atomic E-state index is 0.0255. The third-order valence-electron chi connectivity index (χ3n) is 2.07. The van der Waals surface area contributed by atoms with Crippen molar-refractivity contribution in [1.82, 2.24) is 5.32 Å². The molecule has 2 atom stereocenters. The van der Waals surface area contributed by atoms with Gasteiger partial charge in [-0.3, -0.25) is 4.79 Å². The minimum Gasteiger partial charge on any atom is -0.349 e. The molecular weight excluding hydrogens is 277 g/mol. The first-order valence-electron chi connectivity index (χ1n) is 4.70. The van der Waals surface area contributed by atoms with Crippen LogP contribution >= 0.6 is 27.5 Å². The molecule has 0 fully saturated rings. The maximum Gasteiger partial charge on any atom is 0.233 e. The molecule has 0 radical (unpaired) electrons. The zero-order chi connectivity index (χ0) is 11.4. The maximum atomic E-state index is 11.4. The zero-order valence-electron chi connectivity index (χ0n) is 8.63. The van der Waals surface area contributed by atoms with E-state index < -0.39 is 0 Å². The number of benzene rings is 1. The van der Waals surface area contributed by atoms with Gasteiger partial charge in [0.25, 0.3) is 0 Å². The van der Waals surface area contributed by atoms with Gasteiger partial charge in [-0.15, -0.1) is 0 Å². The average Bonchev–Trinajstić information content (AvgIpc) is 2.17. The third kappa shape index (κ3) is 3.84. The highest BCUT2D eigenvalue weighted by Gasteiger charge is 2.13. The van der Waals surface area contributed by atoms with E-state index in [1.54, 1.807) is 6.92 Å². The van der Waals surface area contributed by atoms with Gasteiger partial charge in [0.15, 0.2) is 0 Å². The second kappa shape index (κ2) is 5.52. The lowest BCUT2D eigenvalue weighted by Gasteiger charge is -2.15. The molecule has 1 aromatic rings. The largest absolute Gasteiger partial charge is 0.349 e. The molecule has 2 unspecified atom stereocenters. The summed E-state index contributed by atoms with van der Waals surface area (Å²) in [6, 6.07) is 7.45. The normalized spacial score (nSPS) is 14.4. The number of carbonyl (C=O) groups excluding carboxylic acids is 1. The van der Waals surface area contributed by atoms with Crippen molar-refractivity contribution in [3.05, 3.63) is 34.9 Å². The van der Waals surface area contributed by atoms with Crippen LogP contribution in [0.3, 0.4) is 0 Å². The van der Waals surface area contributed by atoms with Crippen molar-refractivity contribution in [3.63, 3.8) is 0 Å². The molecule has 0 bridgehead atoms. The predicted octanol–water partition coefficient (Wildman–Crippen LogP) is 3.30. The SMILES string of the molecule is CC(Br)C(=O)NC(C)c1cccc(Cl)c1. The van der Waals surface area contributed by atoms with E-state index in [0.29, 0.717) is 5.02 Å². The summed E-state index contributed by atoms with van der Waals surface area (Å²) in [7, 11) is 0. The molecule has 15 heavy (non-hydrogen) atoms. The van der Waals surface area contributed by atoms with Crippen molar-refractivity contribution >= 4 is 33.4 Å². The third-order valence-corrected chi connectivity index (χ3v) is 2.72. The summed E-state index contributed by atoms with van der Waals surface area (Å²) < 4.78 is 0. The lowest BCUT2D eigenvalue weighted by molar-refractivity contribution is -0.120. The van der Waals surface area contributed by atoms with E-state index in [1.165, 1.54) is 0 Å². The van der Waals surface area contributed by atoms with Crippen molar-refractivity contribution in [3.8, 4) is 0 Å². The van der Waals surface area contributed by atoms with Gasteiger partial charge in [0.2, 0.25) is 5.91 Å². The van der Waals surface area contributed by atoms with E-state index in [1.807, 2.05) is 31.2 Å². The molecular formula is C11H13BrClNO. The number of amides is 1. The maximum absolute atomic E-state index is 11.4. The van der Waals surface area contributed by atoms with Crippen LogP contribution < -0.4 is 5.32 Å². The molecule has 1 amide bonds. The molecule has 0 aliphatic carbocycles. The summed E-state index contributed by atoms with van der Waals surface area (Å²) in [6.45, 7) is 3.72. The monoisotopic (exact) mass is 289 g/mol. The fraction of sp³-hybridized carbons (Fsp3) is 0.364. The fourth-order valence-electron chi connectivity index (χ4n) is 1.19. The smallest absolute Gasteiger partial charge is 0.233 e. The average molecular weight is 291 g/mol. The Hall–Kier alpha value is -0.540. The summed E-state index contributed by atoms with van der Waals surface area (Å²) in [5.74, 6) is -0.0255. The van der Waals surface area contributed by atoms with Gasteiger partial charge in [-0.1, -0.05) is 39.7 Å². The number of rotatable bonds is 3. The molecule has 1 N–H and O–H groups in total. The fourth-order valence-corrected chi connectivity index (χ4v) is 1.52. The van der Waals surface area contributed by atoms with Crippen LogP contribution in [0.15, 0.2) is 24.3 Å². The minimum atomic E-state index is -0.181. The highest BCUT2D eigenvalue weighted by Crippen LogP contribution is 2.17. The first-order valence-corrected chi connectivity index (χ1v) is 6.00. The molecule has 82 valence electrons. The van der Waals surface area contributed by atoms with Gasteiger partial charge in [-0.25, -0.2) is 0 Å². The first-order chi connectivity index (χ1) is 7.00. The lowest BCUT2D eigenvalue weighted by Crippen LogP contribution is -2.31. The molecule has 0 saturated heterocycles. The standard InChI is InChI=1S/C11H13BrClNO/c1-7(12)11(15)14-8(2)9-4-3-5-10(13)6-9/h3-8H,1-2H3,(H,14,15). The Labute approximate surface area is 103 Å². The topological polar surface area (TPSA) is 29.1 Å². The van der Waals surface area contributed by atoms with Gasteiger partial charge in [0.05, 0.1) is 10.9 Å². The van der Waals surface area contributed by atoms with Crippen molar-refractivity contribution < 1.29 is 4.79 Å². The van der Waals surface area contributed by atoms with Crippen LogP contribution in [0.25, 0.3) is 0 Å². The zero-order valence-corrected chi connectivity index (χ0v) is 11.0. The van der Waals surface area contributed by atoms with E-state index in [2.05, 4.69) is 21.2 Å². The van der Waals surface area contributed by atoms with Gasteiger partial charge < -0.3 is 5.32 Å². The number of hydrogen-bond donors (Lipinski definition) is 1. The molecule has 0 heterocycles. The van der Waals surface area contributed by atoms with Crippen molar-refractivity contribution in [1.29, 1.82) is 0 Å². The number of nitrogens with one attached hydrogen (secondary N) is 1. The van der Waals surface area contributed by atoms with Gasteiger partial charge in [-0.05, 0) is 31.5 Å². The van der Waals surface area contributed by atoms with E-state index in [-0.39, 0.29) is 16.8 Å². The second-order valence-corrected chi connectivity index (χ2v) is 5.21. The molecule has 0 aliphatic heterocycles. The Kier molecular flexibility index (Phi) is 4.61. The molecule has 0 saturated carbocycles. The van der Waals surface area contributed by atoms with Crippen molar-refractivity contribution in [2.24, 2.45) is 0 Å². The van der Waals surface area contributed by atoms with E-state index in [0.717, 1.165) is 5.56 Å². The van der Waals surface area contributed by atoms with Crippen molar-refractivity contribution in [2.45, 2.75) is 24.7 Å². The van der Waals surface area contributed by atoms with Gasteiger partial charge in [0.1, 0.15) is 0 Å². The molecule has 0 aliphatic rings. The van der Waals surface area contributed by atoms with Crippen LogP contribution in [0.1, 0.15) is 25.5 Å². The molecule has 4 heteroatoms. The van der Waals surface area contributed by atoms with Gasteiger partial charge in [0, 0.05) is 5.02 Å². The highest BCUT2D eigenvalue weighted by molar-refractivity contribution is 9.10. The number of halogens is 2. The van der Waals surface area contributed by atoms with E-state index >= 15 is 0 Å². The van der Waals surface area contributed by atoms with E-state index in [9.17, 15) is 4.79 Å². The molecule has 2 nitrogen and oxygen atoms in total. The Morgan fingerprint density at radius 3 is 2.67 bits per heavy atom. The molecule has 0 spiro atoms. The number of alkyl halides is 1. The molecule has 1 rings (SSSR count). The van der Waals surface area contributed by atoms with Crippen LogP contribution in [0.2, 0.25) is 5.02 Å². The second-order valence-electron chi connectivity index (χ2n) is 3.40. The van der Waals surface area contributed by atoms with Crippen LogP contribution in [0.5, 0.6) is 0 Å². The summed E-state index contributed by atoms with van der Waals surface area (Å²) >= 11 is 9.08. The molecule has 0 aromatic heterocycles. The molecule has 1 aromatic carbocycles. The quantitative estimate of drug-likeness (QED) is 0.850. The lowest BCUT2D eigenvalue weighted by atomic mass is 10.1. The highest BCUT2D eigenvalue weighted by atomic mass is 79.9. The first kappa shape index (κ1) is 12.5. The summed E-state index contributed by atoms with van der Waals surface area (Å²) in [6.07, 6.45) is 0. The van der Waals surface area contributed by atoms with Crippen LogP contribution in [-0.4, -0.2) is 10.7 Å². The van der Waals surface area contributed by atoms with E-state index in [4.69, 9.17) is 11.6 Å². The predicted molar refractivity (Wildman–Crippen MR) is 66.4 cm³/mol. The summed E-state index contributed by atoms with van der Waals surface area (Å²) in [4.78, 5) is 11.2. The van der Waals surface area contributed by atoms with Gasteiger partial charge in [-0.2, -0.15) is 0 Å². The Morgan fingerprint density at radius 2 is 2.13 bits per heavy atom. The van der Waals surface area contributed by atoms with Crippen LogP contribution in [-0.2, 0) is 4.79 Å². The summed E-state index contributed by atoms with van der Waals surface area (Å²) in [5, 5.41) is 3.56. The number of hydrogen-bond acceptors (Lipinski definition) is 1. The summed E-state index contributed by atoms with van der Waals surface area (Å²) in [5.41, 5.74) is 1.00. The Bertz CT molecular complexity index is 354. The number of carbonyl (C=O) groups is 1. The van der Waals surface area contributed by atoms with Gasteiger partial charge >= 0.3 is 0 Å². The Balaban J connectivity index is 2.69.